The second kappa shape index (κ2) is 9.98. The van der Waals surface area contributed by atoms with Crippen LogP contribution in [0.2, 0.25) is 0 Å². The van der Waals surface area contributed by atoms with E-state index in [1.807, 2.05) is 25.1 Å². The number of ether oxygens (including phenoxy) is 2. The molecule has 0 fully saturated rings. The first kappa shape index (κ1) is 22.2. The number of rotatable bonds is 9. The van der Waals surface area contributed by atoms with E-state index in [1.165, 1.54) is 23.9 Å². The molecular weight excluding hydrogens is 420 g/mol. The number of aromatic carboxylic acids is 1. The van der Waals surface area contributed by atoms with E-state index in [4.69, 9.17) is 14.6 Å². The van der Waals surface area contributed by atoms with E-state index in [1.54, 1.807) is 36.9 Å². The third-order valence-electron chi connectivity index (χ3n) is 4.31. The van der Waals surface area contributed by atoms with Crippen LogP contribution in [-0.2, 0) is 11.8 Å². The number of carbonyl (C=O) groups is 2. The summed E-state index contributed by atoms with van der Waals surface area (Å²) < 4.78 is 12.9. The SMILES string of the molecule is COc1cccc(OC(C)c2nnc(SCC(=O)Nc3cccc(C(=O)O)c3)n2C)c1. The lowest BCUT2D eigenvalue weighted by molar-refractivity contribution is -0.113. The highest BCUT2D eigenvalue weighted by Crippen LogP contribution is 2.26. The topological polar surface area (TPSA) is 116 Å². The van der Waals surface area contributed by atoms with Crippen molar-refractivity contribution in [1.82, 2.24) is 14.8 Å². The number of hydrogen-bond donors (Lipinski definition) is 2. The number of methoxy groups -OCH3 is 1. The molecule has 9 nitrogen and oxygen atoms in total. The number of carbonyl (C=O) groups excluding carboxylic acids is 1. The van der Waals surface area contributed by atoms with Gasteiger partial charge in [0.15, 0.2) is 17.1 Å². The molecule has 0 aliphatic rings. The highest BCUT2D eigenvalue weighted by molar-refractivity contribution is 7.99. The fraction of sp³-hybridized carbons (Fsp3) is 0.238. The summed E-state index contributed by atoms with van der Waals surface area (Å²) in [6.07, 6.45) is -0.369. The lowest BCUT2D eigenvalue weighted by atomic mass is 10.2. The quantitative estimate of drug-likeness (QED) is 0.485. The molecule has 0 saturated carbocycles. The molecule has 0 saturated heterocycles. The van der Waals surface area contributed by atoms with Crippen LogP contribution in [-0.4, -0.2) is 44.6 Å². The summed E-state index contributed by atoms with van der Waals surface area (Å²) >= 11 is 1.22. The Morgan fingerprint density at radius 3 is 2.65 bits per heavy atom. The maximum atomic E-state index is 12.2. The first-order valence-electron chi connectivity index (χ1n) is 9.33. The van der Waals surface area contributed by atoms with Crippen molar-refractivity contribution >= 4 is 29.3 Å². The van der Waals surface area contributed by atoms with Gasteiger partial charge in [0, 0.05) is 18.8 Å². The van der Waals surface area contributed by atoms with Gasteiger partial charge in [-0.1, -0.05) is 23.9 Å². The molecule has 2 aromatic carbocycles. The molecule has 3 aromatic rings. The Morgan fingerprint density at radius 2 is 1.90 bits per heavy atom. The molecule has 10 heteroatoms. The molecule has 1 atom stereocenters. The summed E-state index contributed by atoms with van der Waals surface area (Å²) in [4.78, 5) is 23.3. The summed E-state index contributed by atoms with van der Waals surface area (Å²) in [7, 11) is 3.39. The van der Waals surface area contributed by atoms with Crippen molar-refractivity contribution in [3.05, 3.63) is 59.9 Å². The maximum Gasteiger partial charge on any atom is 0.335 e. The molecule has 1 aromatic heterocycles. The van der Waals surface area contributed by atoms with Gasteiger partial charge in [-0.2, -0.15) is 0 Å². The number of carboxylic acid groups (broad SMARTS) is 1. The van der Waals surface area contributed by atoms with Gasteiger partial charge in [-0.25, -0.2) is 4.79 Å². The number of nitrogens with zero attached hydrogens (tertiary/aromatic N) is 3. The summed E-state index contributed by atoms with van der Waals surface area (Å²) in [5.74, 6) is 0.708. The lowest BCUT2D eigenvalue weighted by Crippen LogP contribution is -2.15. The third-order valence-corrected chi connectivity index (χ3v) is 5.33. The smallest absolute Gasteiger partial charge is 0.335 e. The number of nitrogens with one attached hydrogen (secondary N) is 1. The monoisotopic (exact) mass is 442 g/mol. The minimum absolute atomic E-state index is 0.0917. The largest absolute Gasteiger partial charge is 0.497 e. The van der Waals surface area contributed by atoms with Gasteiger partial charge in [0.25, 0.3) is 0 Å². The van der Waals surface area contributed by atoms with Crippen LogP contribution in [0.25, 0.3) is 0 Å². The van der Waals surface area contributed by atoms with Crippen LogP contribution in [0, 0.1) is 0 Å². The van der Waals surface area contributed by atoms with Gasteiger partial charge in [0.1, 0.15) is 11.5 Å². The Balaban J connectivity index is 1.59. The Morgan fingerprint density at radius 1 is 1.16 bits per heavy atom. The summed E-state index contributed by atoms with van der Waals surface area (Å²) in [6.45, 7) is 1.86. The van der Waals surface area contributed by atoms with E-state index in [-0.39, 0.29) is 23.3 Å². The number of carboxylic acids is 1. The van der Waals surface area contributed by atoms with Crippen LogP contribution in [0.3, 0.4) is 0 Å². The first-order valence-corrected chi connectivity index (χ1v) is 10.3. The number of amides is 1. The molecular formula is C21H22N4O5S. The van der Waals surface area contributed by atoms with Gasteiger partial charge in [-0.05, 0) is 37.3 Å². The Bertz CT molecular complexity index is 1090. The molecule has 1 heterocycles. The minimum Gasteiger partial charge on any atom is -0.497 e. The number of benzene rings is 2. The predicted molar refractivity (Wildman–Crippen MR) is 116 cm³/mol. The molecule has 1 amide bonds. The van der Waals surface area contributed by atoms with Crippen molar-refractivity contribution in [1.29, 1.82) is 0 Å². The highest BCUT2D eigenvalue weighted by atomic mass is 32.2. The maximum absolute atomic E-state index is 12.2. The fourth-order valence-corrected chi connectivity index (χ4v) is 3.51. The summed E-state index contributed by atoms with van der Waals surface area (Å²) in [5.41, 5.74) is 0.526. The Hall–Kier alpha value is -3.53. The van der Waals surface area contributed by atoms with E-state index in [9.17, 15) is 9.59 Å². The van der Waals surface area contributed by atoms with Crippen LogP contribution < -0.4 is 14.8 Å². The summed E-state index contributed by atoms with van der Waals surface area (Å²) in [5, 5.41) is 20.6. The van der Waals surface area contributed by atoms with E-state index in [2.05, 4.69) is 15.5 Å². The van der Waals surface area contributed by atoms with Crippen LogP contribution in [0.15, 0.2) is 53.7 Å². The van der Waals surface area contributed by atoms with Gasteiger partial charge in [0.2, 0.25) is 5.91 Å². The van der Waals surface area contributed by atoms with Crippen molar-refractivity contribution < 1.29 is 24.2 Å². The zero-order valence-corrected chi connectivity index (χ0v) is 18.0. The molecule has 3 rings (SSSR count). The van der Waals surface area contributed by atoms with Gasteiger partial charge < -0.3 is 24.5 Å². The molecule has 0 radical (unpaired) electrons. The molecule has 31 heavy (non-hydrogen) atoms. The van der Waals surface area contributed by atoms with Crippen molar-refractivity contribution in [2.45, 2.75) is 18.2 Å². The average molecular weight is 442 g/mol. The zero-order chi connectivity index (χ0) is 22.4. The van der Waals surface area contributed by atoms with Crippen LogP contribution in [0.1, 0.15) is 29.2 Å². The molecule has 0 spiro atoms. The molecule has 162 valence electrons. The number of anilines is 1. The average Bonchev–Trinajstić information content (AvgIpc) is 3.13. The van der Waals surface area contributed by atoms with Crippen molar-refractivity contribution in [2.75, 3.05) is 18.2 Å². The molecule has 0 aliphatic carbocycles. The minimum atomic E-state index is -1.05. The van der Waals surface area contributed by atoms with Crippen LogP contribution in [0.4, 0.5) is 5.69 Å². The molecule has 0 aliphatic heterocycles. The number of aromatic nitrogens is 3. The van der Waals surface area contributed by atoms with Crippen molar-refractivity contribution in [3.63, 3.8) is 0 Å². The van der Waals surface area contributed by atoms with Gasteiger partial charge in [-0.15, -0.1) is 10.2 Å². The van der Waals surface area contributed by atoms with Gasteiger partial charge in [0.05, 0.1) is 18.4 Å². The second-order valence-electron chi connectivity index (χ2n) is 6.56. The standard InChI is InChI=1S/C21H22N4O5S/c1-13(30-17-9-5-8-16(11-17)29-3)19-23-24-21(25(19)2)31-12-18(26)22-15-7-4-6-14(10-15)20(27)28/h4-11,13H,12H2,1-3H3,(H,22,26)(H,27,28). The van der Waals surface area contributed by atoms with Crippen molar-refractivity contribution in [3.8, 4) is 11.5 Å². The number of thioether (sulfide) groups is 1. The van der Waals surface area contributed by atoms with Gasteiger partial charge >= 0.3 is 5.97 Å². The van der Waals surface area contributed by atoms with Gasteiger partial charge in [-0.3, -0.25) is 4.79 Å². The normalized spacial score (nSPS) is 11.6. The Kier molecular flexibility index (Phi) is 7.14. The number of hydrogen-bond acceptors (Lipinski definition) is 7. The van der Waals surface area contributed by atoms with Crippen molar-refractivity contribution in [2.24, 2.45) is 7.05 Å². The van der Waals surface area contributed by atoms with E-state index in [0.717, 1.165) is 0 Å². The highest BCUT2D eigenvalue weighted by Gasteiger charge is 2.18. The molecule has 2 N–H and O–H groups in total. The molecule has 1 unspecified atom stereocenters. The fourth-order valence-electron chi connectivity index (χ4n) is 2.79. The van der Waals surface area contributed by atoms with E-state index < -0.39 is 5.97 Å². The second-order valence-corrected chi connectivity index (χ2v) is 7.50. The lowest BCUT2D eigenvalue weighted by Gasteiger charge is -2.14. The third kappa shape index (κ3) is 5.76. The zero-order valence-electron chi connectivity index (χ0n) is 17.2. The van der Waals surface area contributed by atoms with E-state index >= 15 is 0 Å². The predicted octanol–water partition coefficient (Wildman–Crippen LogP) is 3.39. The van der Waals surface area contributed by atoms with Crippen LogP contribution >= 0.6 is 11.8 Å². The summed E-state index contributed by atoms with van der Waals surface area (Å²) in [6, 6.07) is 13.4. The van der Waals surface area contributed by atoms with Crippen LogP contribution in [0.5, 0.6) is 11.5 Å². The Labute approximate surface area is 183 Å². The molecule has 0 bridgehead atoms. The first-order chi connectivity index (χ1) is 14.9. The van der Waals surface area contributed by atoms with E-state index in [0.29, 0.717) is 28.2 Å².